The van der Waals surface area contributed by atoms with E-state index in [1.165, 1.54) is 28.7 Å². The Bertz CT molecular complexity index is 931. The number of aromatic nitrogens is 1. The van der Waals surface area contributed by atoms with Gasteiger partial charge in [-0.15, -0.1) is 22.7 Å². The number of nitrogens with zero attached hydrogens (tertiary/aromatic N) is 1. The van der Waals surface area contributed by atoms with E-state index < -0.39 is 12.0 Å². The minimum Gasteiger partial charge on any atom is -0.450 e. The van der Waals surface area contributed by atoms with E-state index >= 15 is 0 Å². The van der Waals surface area contributed by atoms with Crippen LogP contribution >= 0.6 is 22.7 Å². The summed E-state index contributed by atoms with van der Waals surface area (Å²) in [7, 11) is 0. The molecular weight excluding hydrogens is 374 g/mol. The quantitative estimate of drug-likeness (QED) is 0.697. The van der Waals surface area contributed by atoms with Crippen LogP contribution in [0.25, 0.3) is 10.2 Å². The summed E-state index contributed by atoms with van der Waals surface area (Å²) < 4.78 is 5.69. The van der Waals surface area contributed by atoms with Gasteiger partial charge in [-0.2, -0.15) is 0 Å². The van der Waals surface area contributed by atoms with Gasteiger partial charge in [0, 0.05) is 0 Å². The highest BCUT2D eigenvalue weighted by Crippen LogP contribution is 2.25. The first kappa shape index (κ1) is 18.0. The van der Waals surface area contributed by atoms with Gasteiger partial charge in [-0.05, 0) is 30.5 Å². The van der Waals surface area contributed by atoms with Crippen molar-refractivity contribution < 1.29 is 19.1 Å². The maximum atomic E-state index is 12.3. The Labute approximate surface area is 157 Å². The molecule has 0 radical (unpaired) electrons. The first-order valence-corrected chi connectivity index (χ1v) is 9.46. The van der Waals surface area contributed by atoms with Crippen molar-refractivity contribution in [2.75, 3.05) is 11.9 Å². The molecule has 3 aromatic rings. The summed E-state index contributed by atoms with van der Waals surface area (Å²) in [6.07, 6.45) is -0.716. The fourth-order valence-corrected chi connectivity index (χ4v) is 3.98. The summed E-state index contributed by atoms with van der Waals surface area (Å²) in [6, 6.07) is 9.19. The molecule has 9 heteroatoms. The van der Waals surface area contributed by atoms with Crippen LogP contribution in [-0.4, -0.2) is 29.5 Å². The molecule has 0 aliphatic carbocycles. The van der Waals surface area contributed by atoms with Crippen molar-refractivity contribution in [3.05, 3.63) is 46.3 Å². The first-order valence-electron chi connectivity index (χ1n) is 7.76. The summed E-state index contributed by atoms with van der Waals surface area (Å²) in [5, 5.41) is 7.54. The number of thiazole rings is 1. The van der Waals surface area contributed by atoms with Crippen LogP contribution in [0.3, 0.4) is 0 Å². The monoisotopic (exact) mass is 389 g/mol. The number of para-hydroxylation sites is 1. The minimum absolute atomic E-state index is 0.107. The number of alkyl carbamates (subject to hydrolysis) is 1. The van der Waals surface area contributed by atoms with Crippen LogP contribution in [0.4, 0.5) is 9.80 Å². The third kappa shape index (κ3) is 4.24. The van der Waals surface area contributed by atoms with Crippen molar-refractivity contribution in [2.24, 2.45) is 0 Å². The Morgan fingerprint density at radius 2 is 2.00 bits per heavy atom. The van der Waals surface area contributed by atoms with E-state index in [0.717, 1.165) is 10.2 Å². The molecule has 134 valence electrons. The molecule has 0 unspecified atom stereocenters. The van der Waals surface area contributed by atoms with Crippen LogP contribution in [0.5, 0.6) is 0 Å². The Morgan fingerprint density at radius 3 is 2.77 bits per heavy atom. The number of carbonyl (C=O) groups excluding carboxylic acids is 3. The van der Waals surface area contributed by atoms with Gasteiger partial charge in [0.2, 0.25) is 5.91 Å². The lowest BCUT2D eigenvalue weighted by molar-refractivity contribution is -0.115. The molecule has 0 saturated carbocycles. The fraction of sp³-hybridized carbons (Fsp3) is 0.176. The largest absolute Gasteiger partial charge is 0.450 e. The molecule has 26 heavy (non-hydrogen) atoms. The molecule has 0 spiro atoms. The van der Waals surface area contributed by atoms with E-state index in [1.54, 1.807) is 12.3 Å². The van der Waals surface area contributed by atoms with E-state index in [2.05, 4.69) is 20.4 Å². The number of amides is 3. The second-order valence-corrected chi connectivity index (χ2v) is 7.17. The fourth-order valence-electron chi connectivity index (χ4n) is 2.22. The molecule has 0 bridgehead atoms. The highest BCUT2D eigenvalue weighted by atomic mass is 32.1. The Kier molecular flexibility index (Phi) is 5.59. The molecule has 3 amide bonds. The predicted octanol–water partition coefficient (Wildman–Crippen LogP) is 3.43. The molecule has 0 aliphatic heterocycles. The number of ether oxygens (including phenoxy) is 1. The number of hydrogen-bond acceptors (Lipinski definition) is 7. The van der Waals surface area contributed by atoms with Crippen LogP contribution in [-0.2, 0) is 16.0 Å². The SMILES string of the molecule is CCOC(=O)NC(=O)c1ccsc1NC(=O)Cc1nc2ccccc2s1. The average Bonchev–Trinajstić information content (AvgIpc) is 3.20. The van der Waals surface area contributed by atoms with Crippen molar-refractivity contribution >= 4 is 55.8 Å². The molecular formula is C17H15N3O4S2. The highest BCUT2D eigenvalue weighted by molar-refractivity contribution is 7.18. The molecule has 1 aromatic carbocycles. The third-order valence-corrected chi connectivity index (χ3v) is 5.17. The molecule has 7 nitrogen and oxygen atoms in total. The van der Waals surface area contributed by atoms with Gasteiger partial charge in [-0.25, -0.2) is 9.78 Å². The van der Waals surface area contributed by atoms with Crippen molar-refractivity contribution in [2.45, 2.75) is 13.3 Å². The summed E-state index contributed by atoms with van der Waals surface area (Å²) in [6.45, 7) is 1.80. The van der Waals surface area contributed by atoms with Crippen LogP contribution in [0.1, 0.15) is 22.3 Å². The third-order valence-electron chi connectivity index (χ3n) is 3.30. The van der Waals surface area contributed by atoms with Crippen molar-refractivity contribution in [1.82, 2.24) is 10.3 Å². The predicted molar refractivity (Wildman–Crippen MR) is 101 cm³/mol. The molecule has 3 rings (SSSR count). The number of benzene rings is 1. The van der Waals surface area contributed by atoms with E-state index in [4.69, 9.17) is 0 Å². The van der Waals surface area contributed by atoms with E-state index in [1.807, 2.05) is 24.3 Å². The van der Waals surface area contributed by atoms with Crippen molar-refractivity contribution in [3.63, 3.8) is 0 Å². The van der Waals surface area contributed by atoms with Gasteiger partial charge in [0.1, 0.15) is 10.0 Å². The van der Waals surface area contributed by atoms with E-state index in [-0.39, 0.29) is 24.5 Å². The summed E-state index contributed by atoms with van der Waals surface area (Å²) in [5.41, 5.74) is 1.06. The van der Waals surface area contributed by atoms with Crippen LogP contribution < -0.4 is 10.6 Å². The summed E-state index contributed by atoms with van der Waals surface area (Å²) >= 11 is 2.65. The second-order valence-electron chi connectivity index (χ2n) is 5.14. The number of fused-ring (bicyclic) bond motifs is 1. The van der Waals surface area contributed by atoms with Crippen molar-refractivity contribution in [3.8, 4) is 0 Å². The number of hydrogen-bond donors (Lipinski definition) is 2. The lowest BCUT2D eigenvalue weighted by Gasteiger charge is -2.06. The van der Waals surface area contributed by atoms with Gasteiger partial charge in [-0.3, -0.25) is 14.9 Å². The molecule has 0 fully saturated rings. The standard InChI is InChI=1S/C17H15N3O4S2/c1-2-24-17(23)20-15(22)10-7-8-25-16(10)19-13(21)9-14-18-11-5-3-4-6-12(11)26-14/h3-8H,2,9H2,1H3,(H,19,21)(H,20,22,23). The molecule has 2 aromatic heterocycles. The highest BCUT2D eigenvalue weighted by Gasteiger charge is 2.18. The zero-order valence-electron chi connectivity index (χ0n) is 13.8. The normalized spacial score (nSPS) is 10.5. The number of rotatable bonds is 5. The Morgan fingerprint density at radius 1 is 1.19 bits per heavy atom. The van der Waals surface area contributed by atoms with Crippen molar-refractivity contribution in [1.29, 1.82) is 0 Å². The number of thiophene rings is 1. The average molecular weight is 389 g/mol. The number of anilines is 1. The molecule has 0 aliphatic rings. The summed E-state index contributed by atoms with van der Waals surface area (Å²) in [4.78, 5) is 40.2. The Balaban J connectivity index is 1.65. The zero-order valence-corrected chi connectivity index (χ0v) is 15.4. The van der Waals surface area contributed by atoms with Gasteiger partial charge in [0.15, 0.2) is 0 Å². The number of imide groups is 1. The van der Waals surface area contributed by atoms with Gasteiger partial charge in [0.25, 0.3) is 5.91 Å². The lowest BCUT2D eigenvalue weighted by atomic mass is 10.3. The van der Waals surface area contributed by atoms with E-state index in [0.29, 0.717) is 10.0 Å². The van der Waals surface area contributed by atoms with Crippen LogP contribution in [0.2, 0.25) is 0 Å². The number of nitrogens with one attached hydrogen (secondary N) is 2. The second kappa shape index (κ2) is 8.07. The molecule has 2 N–H and O–H groups in total. The topological polar surface area (TPSA) is 97.4 Å². The van der Waals surface area contributed by atoms with Gasteiger partial charge < -0.3 is 10.1 Å². The molecule has 2 heterocycles. The minimum atomic E-state index is -0.824. The maximum Gasteiger partial charge on any atom is 0.414 e. The Hall–Kier alpha value is -2.78. The van der Waals surface area contributed by atoms with Gasteiger partial charge in [-0.1, -0.05) is 12.1 Å². The summed E-state index contributed by atoms with van der Waals surface area (Å²) in [5.74, 6) is -0.906. The number of carbonyl (C=O) groups is 3. The maximum absolute atomic E-state index is 12.3. The van der Waals surface area contributed by atoms with Crippen LogP contribution in [0.15, 0.2) is 35.7 Å². The lowest BCUT2D eigenvalue weighted by Crippen LogP contribution is -2.31. The van der Waals surface area contributed by atoms with Gasteiger partial charge >= 0.3 is 6.09 Å². The molecule has 0 atom stereocenters. The van der Waals surface area contributed by atoms with Crippen LogP contribution in [0, 0.1) is 0 Å². The first-order chi connectivity index (χ1) is 12.6. The smallest absolute Gasteiger partial charge is 0.414 e. The van der Waals surface area contributed by atoms with Gasteiger partial charge in [0.05, 0.1) is 28.8 Å². The zero-order chi connectivity index (χ0) is 18.5. The molecule has 0 saturated heterocycles. The van der Waals surface area contributed by atoms with E-state index in [9.17, 15) is 14.4 Å².